The van der Waals surface area contributed by atoms with Crippen molar-refractivity contribution in [3.63, 3.8) is 0 Å². The van der Waals surface area contributed by atoms with Gasteiger partial charge in [-0.25, -0.2) is 0 Å². The number of carbonyl (C=O) groups excluding carboxylic acids is 1. The number of nitrogens with zero attached hydrogens (tertiary/aromatic N) is 1. The van der Waals surface area contributed by atoms with Crippen LogP contribution in [0.25, 0.3) is 10.8 Å². The summed E-state index contributed by atoms with van der Waals surface area (Å²) < 4.78 is 19.8. The van der Waals surface area contributed by atoms with Crippen LogP contribution in [-0.4, -0.2) is 23.5 Å². The standard InChI is InChI=1S/C23H25FN2O2/c1-15-10-20(26-12-22(24)23(27)25-16(26)2)11-19(15)14-28-13-18-8-5-7-17-6-3-4-9-21(17)18/h3-9,12,15,19-20H,2,10-11,13-14H2,1H3,(H,25,27). The number of fused-ring (bicyclic) bond motifs is 1. The first kappa shape index (κ1) is 18.7. The van der Waals surface area contributed by atoms with E-state index in [0.29, 0.717) is 30.9 Å². The molecule has 1 N–H and O–H groups in total. The molecule has 2 aromatic carbocycles. The summed E-state index contributed by atoms with van der Waals surface area (Å²) in [5.41, 5.74) is 1.19. The van der Waals surface area contributed by atoms with E-state index in [4.69, 9.17) is 4.74 Å². The third-order valence-electron chi connectivity index (χ3n) is 5.93. The molecule has 0 bridgehead atoms. The highest BCUT2D eigenvalue weighted by Gasteiger charge is 2.37. The molecule has 5 heteroatoms. The number of benzene rings is 2. The smallest absolute Gasteiger partial charge is 0.287 e. The molecule has 1 amide bonds. The van der Waals surface area contributed by atoms with E-state index in [1.165, 1.54) is 22.5 Å². The minimum Gasteiger partial charge on any atom is -0.376 e. The van der Waals surface area contributed by atoms with Gasteiger partial charge in [-0.2, -0.15) is 4.39 Å². The predicted octanol–water partition coefficient (Wildman–Crippen LogP) is 4.49. The summed E-state index contributed by atoms with van der Waals surface area (Å²) in [5, 5.41) is 4.93. The zero-order valence-electron chi connectivity index (χ0n) is 16.0. The molecular formula is C23H25FN2O2. The summed E-state index contributed by atoms with van der Waals surface area (Å²) in [7, 11) is 0. The number of rotatable bonds is 5. The molecule has 0 spiro atoms. The molecule has 0 aromatic heterocycles. The molecule has 1 saturated carbocycles. The fraction of sp³-hybridized carbons (Fsp3) is 0.348. The van der Waals surface area contributed by atoms with Crippen LogP contribution in [0.3, 0.4) is 0 Å². The Bertz CT molecular complexity index is 934. The number of hydrogen-bond donors (Lipinski definition) is 1. The highest BCUT2D eigenvalue weighted by atomic mass is 19.1. The first-order valence-corrected chi connectivity index (χ1v) is 9.73. The lowest BCUT2D eigenvalue weighted by Gasteiger charge is -2.32. The van der Waals surface area contributed by atoms with E-state index in [-0.39, 0.29) is 6.04 Å². The molecule has 1 aliphatic carbocycles. The number of amides is 1. The van der Waals surface area contributed by atoms with E-state index in [9.17, 15) is 9.18 Å². The molecule has 2 aromatic rings. The largest absolute Gasteiger partial charge is 0.376 e. The maximum Gasteiger partial charge on any atom is 0.287 e. The average molecular weight is 380 g/mol. The molecule has 1 fully saturated rings. The minimum absolute atomic E-state index is 0.125. The molecule has 0 saturated heterocycles. The van der Waals surface area contributed by atoms with Crippen molar-refractivity contribution in [3.05, 3.63) is 72.5 Å². The third-order valence-corrected chi connectivity index (χ3v) is 5.93. The van der Waals surface area contributed by atoms with Gasteiger partial charge in [0.1, 0.15) is 5.82 Å². The number of ether oxygens (including phenoxy) is 1. The van der Waals surface area contributed by atoms with Crippen LogP contribution in [0.5, 0.6) is 0 Å². The highest BCUT2D eigenvalue weighted by molar-refractivity contribution is 5.93. The van der Waals surface area contributed by atoms with Crippen LogP contribution >= 0.6 is 0 Å². The maximum absolute atomic E-state index is 13.7. The average Bonchev–Trinajstić information content (AvgIpc) is 3.05. The second-order valence-corrected chi connectivity index (χ2v) is 7.80. The van der Waals surface area contributed by atoms with E-state index in [1.807, 2.05) is 12.1 Å². The van der Waals surface area contributed by atoms with E-state index < -0.39 is 11.7 Å². The van der Waals surface area contributed by atoms with Crippen LogP contribution in [0.4, 0.5) is 4.39 Å². The molecule has 3 atom stereocenters. The van der Waals surface area contributed by atoms with Crippen molar-refractivity contribution in [3.8, 4) is 0 Å². The van der Waals surface area contributed by atoms with Crippen LogP contribution in [0, 0.1) is 11.8 Å². The molecule has 3 unspecified atom stereocenters. The summed E-state index contributed by atoms with van der Waals surface area (Å²) in [6.07, 6.45) is 3.08. The molecule has 0 radical (unpaired) electrons. The predicted molar refractivity (Wildman–Crippen MR) is 108 cm³/mol. The quantitative estimate of drug-likeness (QED) is 0.831. The van der Waals surface area contributed by atoms with Gasteiger partial charge in [0.05, 0.1) is 13.2 Å². The first-order chi connectivity index (χ1) is 13.5. The van der Waals surface area contributed by atoms with Crippen molar-refractivity contribution in [2.75, 3.05) is 6.61 Å². The van der Waals surface area contributed by atoms with Gasteiger partial charge in [0, 0.05) is 12.2 Å². The zero-order valence-corrected chi connectivity index (χ0v) is 16.0. The monoisotopic (exact) mass is 380 g/mol. The fourth-order valence-corrected chi connectivity index (χ4v) is 4.34. The van der Waals surface area contributed by atoms with E-state index in [1.54, 1.807) is 4.90 Å². The summed E-state index contributed by atoms with van der Waals surface area (Å²) >= 11 is 0. The molecule has 4 rings (SSSR count). The molecule has 4 nitrogen and oxygen atoms in total. The Morgan fingerprint density at radius 1 is 1.21 bits per heavy atom. The number of halogens is 1. The molecular weight excluding hydrogens is 355 g/mol. The zero-order chi connectivity index (χ0) is 19.7. The minimum atomic E-state index is -0.768. The van der Waals surface area contributed by atoms with Crippen LogP contribution in [0.2, 0.25) is 0 Å². The lowest BCUT2D eigenvalue weighted by atomic mass is 9.99. The van der Waals surface area contributed by atoms with Gasteiger partial charge < -0.3 is 15.0 Å². The van der Waals surface area contributed by atoms with Crippen molar-refractivity contribution in [2.24, 2.45) is 11.8 Å². The summed E-state index contributed by atoms with van der Waals surface area (Å²) in [6, 6.07) is 14.7. The normalized spacial score (nSPS) is 25.1. The molecule has 1 aliphatic heterocycles. The molecule has 2 aliphatic rings. The first-order valence-electron chi connectivity index (χ1n) is 9.73. The Balaban J connectivity index is 1.37. The van der Waals surface area contributed by atoms with Gasteiger partial charge in [-0.3, -0.25) is 4.79 Å². The topological polar surface area (TPSA) is 41.6 Å². The molecule has 1 heterocycles. The number of hydrogen-bond acceptors (Lipinski definition) is 3. The van der Waals surface area contributed by atoms with Gasteiger partial charge in [-0.15, -0.1) is 0 Å². The van der Waals surface area contributed by atoms with Gasteiger partial charge in [-0.1, -0.05) is 56.0 Å². The SMILES string of the molecule is C=C1NC(=O)C(F)=CN1C1CC(C)C(COCc2cccc3ccccc23)C1. The van der Waals surface area contributed by atoms with Gasteiger partial charge >= 0.3 is 0 Å². The second-order valence-electron chi connectivity index (χ2n) is 7.80. The summed E-state index contributed by atoms with van der Waals surface area (Å²) in [6.45, 7) is 7.31. The Labute approximate surface area is 164 Å². The van der Waals surface area contributed by atoms with Crippen LogP contribution in [-0.2, 0) is 16.1 Å². The summed E-state index contributed by atoms with van der Waals surface area (Å²) in [5.74, 6) is -0.194. The van der Waals surface area contributed by atoms with Crippen LogP contribution < -0.4 is 5.32 Å². The highest BCUT2D eigenvalue weighted by Crippen LogP contribution is 2.37. The van der Waals surface area contributed by atoms with Crippen molar-refractivity contribution in [2.45, 2.75) is 32.4 Å². The van der Waals surface area contributed by atoms with Crippen LogP contribution in [0.15, 0.2) is 66.9 Å². The van der Waals surface area contributed by atoms with Crippen molar-refractivity contribution in [1.29, 1.82) is 0 Å². The van der Waals surface area contributed by atoms with Gasteiger partial charge in [0.15, 0.2) is 0 Å². The fourth-order valence-electron chi connectivity index (χ4n) is 4.34. The third kappa shape index (κ3) is 3.67. The van der Waals surface area contributed by atoms with E-state index in [2.05, 4.69) is 49.2 Å². The number of nitrogens with one attached hydrogen (secondary N) is 1. The molecule has 146 valence electrons. The van der Waals surface area contributed by atoms with Crippen molar-refractivity contribution in [1.82, 2.24) is 10.2 Å². The van der Waals surface area contributed by atoms with E-state index in [0.717, 1.165) is 12.8 Å². The van der Waals surface area contributed by atoms with Gasteiger partial charge in [-0.05, 0) is 41.0 Å². The second kappa shape index (κ2) is 7.76. The van der Waals surface area contributed by atoms with E-state index >= 15 is 0 Å². The van der Waals surface area contributed by atoms with Crippen molar-refractivity contribution < 1.29 is 13.9 Å². The van der Waals surface area contributed by atoms with Gasteiger partial charge in [0.2, 0.25) is 5.83 Å². The van der Waals surface area contributed by atoms with Crippen molar-refractivity contribution >= 4 is 16.7 Å². The number of carbonyl (C=O) groups is 1. The Kier molecular flexibility index (Phi) is 5.18. The maximum atomic E-state index is 13.7. The lowest BCUT2D eigenvalue weighted by Crippen LogP contribution is -2.41. The Morgan fingerprint density at radius 3 is 2.86 bits per heavy atom. The lowest BCUT2D eigenvalue weighted by molar-refractivity contribution is -0.119. The molecule has 28 heavy (non-hydrogen) atoms. The van der Waals surface area contributed by atoms with Gasteiger partial charge in [0.25, 0.3) is 5.91 Å². The Hall–Kier alpha value is -2.66. The van der Waals surface area contributed by atoms with Crippen LogP contribution in [0.1, 0.15) is 25.3 Å². The summed E-state index contributed by atoms with van der Waals surface area (Å²) in [4.78, 5) is 13.2. The Morgan fingerprint density at radius 2 is 2.00 bits per heavy atom.